The van der Waals surface area contributed by atoms with E-state index < -0.39 is 11.9 Å². The van der Waals surface area contributed by atoms with Gasteiger partial charge < -0.3 is 14.9 Å². The van der Waals surface area contributed by atoms with E-state index in [0.29, 0.717) is 16.4 Å². The first-order valence-electron chi connectivity index (χ1n) is 6.78. The summed E-state index contributed by atoms with van der Waals surface area (Å²) in [6.07, 6.45) is 3.23. The average molecular weight is 347 g/mol. The van der Waals surface area contributed by atoms with Gasteiger partial charge in [0.1, 0.15) is 17.0 Å². The zero-order chi connectivity index (χ0) is 17.3. The van der Waals surface area contributed by atoms with Crippen molar-refractivity contribution in [2.45, 2.75) is 6.92 Å². The number of benzene rings is 1. The van der Waals surface area contributed by atoms with E-state index in [2.05, 4.69) is 15.6 Å². The van der Waals surface area contributed by atoms with Crippen LogP contribution >= 0.6 is 11.6 Å². The first kappa shape index (κ1) is 15.8. The van der Waals surface area contributed by atoms with E-state index in [1.807, 2.05) is 0 Å². The van der Waals surface area contributed by atoms with Crippen LogP contribution in [-0.2, 0) is 0 Å². The number of carboxylic acid groups (broad SMARTS) is 1. The minimum Gasteiger partial charge on any atom is -0.477 e. The van der Waals surface area contributed by atoms with Crippen molar-refractivity contribution in [3.8, 4) is 5.69 Å². The van der Waals surface area contributed by atoms with Gasteiger partial charge in [0.05, 0.1) is 10.7 Å². The molecule has 0 radical (unpaired) electrons. The van der Waals surface area contributed by atoms with E-state index in [4.69, 9.17) is 16.1 Å². The van der Waals surface area contributed by atoms with Crippen molar-refractivity contribution in [3.05, 3.63) is 58.7 Å². The summed E-state index contributed by atoms with van der Waals surface area (Å²) in [7, 11) is 0. The maximum atomic E-state index is 12.4. The van der Waals surface area contributed by atoms with Gasteiger partial charge in [0.2, 0.25) is 0 Å². The molecular formula is C15H11ClN4O4. The molecule has 0 aliphatic heterocycles. The van der Waals surface area contributed by atoms with Gasteiger partial charge in [-0.3, -0.25) is 4.79 Å². The SMILES string of the molecule is Cc1onc(C(=O)Nc2cccc(Cl)c2-n2cccn2)c1C(=O)O. The second-order valence-corrected chi connectivity index (χ2v) is 5.22. The van der Waals surface area contributed by atoms with Crippen molar-refractivity contribution in [2.75, 3.05) is 5.32 Å². The van der Waals surface area contributed by atoms with Gasteiger partial charge in [-0.05, 0) is 25.1 Å². The summed E-state index contributed by atoms with van der Waals surface area (Å²) in [5.41, 5.74) is 0.212. The fraction of sp³-hybridized carbons (Fsp3) is 0.0667. The summed E-state index contributed by atoms with van der Waals surface area (Å²) in [6, 6.07) is 6.63. The summed E-state index contributed by atoms with van der Waals surface area (Å²) in [5.74, 6) is -1.97. The first-order valence-corrected chi connectivity index (χ1v) is 7.16. The van der Waals surface area contributed by atoms with Crippen LogP contribution in [-0.4, -0.2) is 31.9 Å². The van der Waals surface area contributed by atoms with Gasteiger partial charge >= 0.3 is 5.97 Å². The number of aryl methyl sites for hydroxylation is 1. The highest BCUT2D eigenvalue weighted by Gasteiger charge is 2.26. The maximum absolute atomic E-state index is 12.4. The van der Waals surface area contributed by atoms with Gasteiger partial charge in [0.25, 0.3) is 5.91 Å². The Kier molecular flexibility index (Phi) is 4.05. The molecule has 9 heteroatoms. The number of amides is 1. The van der Waals surface area contributed by atoms with E-state index >= 15 is 0 Å². The smallest absolute Gasteiger partial charge is 0.341 e. The third-order valence-electron chi connectivity index (χ3n) is 3.26. The number of halogens is 1. The van der Waals surface area contributed by atoms with Crippen LogP contribution in [0.5, 0.6) is 0 Å². The van der Waals surface area contributed by atoms with Crippen molar-refractivity contribution in [1.29, 1.82) is 0 Å². The number of hydrogen-bond donors (Lipinski definition) is 2. The van der Waals surface area contributed by atoms with E-state index in [0.717, 1.165) is 0 Å². The Bertz CT molecular complexity index is 918. The number of carboxylic acids is 1. The number of aromatic carboxylic acids is 1. The minimum absolute atomic E-state index is 0.0473. The zero-order valence-electron chi connectivity index (χ0n) is 12.4. The summed E-state index contributed by atoms with van der Waals surface area (Å²) >= 11 is 6.20. The lowest BCUT2D eigenvalue weighted by molar-refractivity contribution is 0.0691. The lowest BCUT2D eigenvalue weighted by Crippen LogP contribution is -2.18. The number of rotatable bonds is 4. The highest BCUT2D eigenvalue weighted by atomic mass is 35.5. The molecule has 0 saturated carbocycles. The predicted octanol–water partition coefficient (Wildman–Crippen LogP) is 2.77. The van der Waals surface area contributed by atoms with Crippen molar-refractivity contribution in [1.82, 2.24) is 14.9 Å². The van der Waals surface area contributed by atoms with Gasteiger partial charge in [-0.1, -0.05) is 22.8 Å². The normalized spacial score (nSPS) is 10.6. The maximum Gasteiger partial charge on any atom is 0.341 e. The van der Waals surface area contributed by atoms with Crippen molar-refractivity contribution in [3.63, 3.8) is 0 Å². The number of hydrogen-bond acceptors (Lipinski definition) is 5. The Morgan fingerprint density at radius 2 is 2.12 bits per heavy atom. The molecule has 0 atom stereocenters. The van der Waals surface area contributed by atoms with E-state index in [1.165, 1.54) is 11.6 Å². The van der Waals surface area contributed by atoms with Gasteiger partial charge in [-0.2, -0.15) is 5.10 Å². The summed E-state index contributed by atoms with van der Waals surface area (Å²) < 4.78 is 6.30. The molecule has 0 aliphatic carbocycles. The molecule has 1 aromatic carbocycles. The molecule has 122 valence electrons. The second-order valence-electron chi connectivity index (χ2n) is 4.81. The number of nitrogens with one attached hydrogen (secondary N) is 1. The van der Waals surface area contributed by atoms with Crippen molar-refractivity contribution >= 4 is 29.2 Å². The fourth-order valence-corrected chi connectivity index (χ4v) is 2.47. The number of carbonyl (C=O) groups excluding carboxylic acids is 1. The topological polar surface area (TPSA) is 110 Å². The molecule has 0 unspecified atom stereocenters. The Morgan fingerprint density at radius 3 is 2.79 bits per heavy atom. The number of aromatic nitrogens is 3. The summed E-state index contributed by atoms with van der Waals surface area (Å²) in [5, 5.41) is 19.8. The summed E-state index contributed by atoms with van der Waals surface area (Å²) in [6.45, 7) is 1.42. The second kappa shape index (κ2) is 6.17. The first-order chi connectivity index (χ1) is 11.5. The number of para-hydroxylation sites is 1. The van der Waals surface area contributed by atoms with Crippen LogP contribution in [0.4, 0.5) is 5.69 Å². The van der Waals surface area contributed by atoms with Crippen LogP contribution < -0.4 is 5.32 Å². The highest BCUT2D eigenvalue weighted by molar-refractivity contribution is 6.33. The average Bonchev–Trinajstić information content (AvgIpc) is 3.16. The molecule has 0 spiro atoms. The van der Waals surface area contributed by atoms with Crippen LogP contribution in [0.15, 0.2) is 41.2 Å². The Morgan fingerprint density at radius 1 is 1.33 bits per heavy atom. The molecule has 0 bridgehead atoms. The molecule has 2 N–H and O–H groups in total. The quantitative estimate of drug-likeness (QED) is 0.751. The largest absolute Gasteiger partial charge is 0.477 e. The third kappa shape index (κ3) is 2.74. The van der Waals surface area contributed by atoms with Crippen molar-refractivity contribution < 1.29 is 19.2 Å². The number of carbonyl (C=O) groups is 2. The Balaban J connectivity index is 2.00. The lowest BCUT2D eigenvalue weighted by atomic mass is 10.2. The Labute approximate surface area is 140 Å². The monoisotopic (exact) mass is 346 g/mol. The molecule has 1 amide bonds. The molecule has 3 rings (SSSR count). The molecular weight excluding hydrogens is 336 g/mol. The molecule has 0 saturated heterocycles. The molecule has 8 nitrogen and oxygen atoms in total. The van der Waals surface area contributed by atoms with Crippen LogP contribution in [0.1, 0.15) is 26.6 Å². The van der Waals surface area contributed by atoms with Gasteiger partial charge in [0.15, 0.2) is 5.69 Å². The van der Waals surface area contributed by atoms with Gasteiger partial charge in [0, 0.05) is 12.4 Å². The molecule has 2 heterocycles. The fourth-order valence-electron chi connectivity index (χ4n) is 2.21. The molecule has 0 fully saturated rings. The van der Waals surface area contributed by atoms with Gasteiger partial charge in [-0.15, -0.1) is 0 Å². The van der Waals surface area contributed by atoms with E-state index in [9.17, 15) is 14.7 Å². The molecule has 3 aromatic rings. The number of nitrogens with zero attached hydrogens (tertiary/aromatic N) is 3. The van der Waals surface area contributed by atoms with E-state index in [1.54, 1.807) is 36.7 Å². The molecule has 24 heavy (non-hydrogen) atoms. The highest BCUT2D eigenvalue weighted by Crippen LogP contribution is 2.28. The van der Waals surface area contributed by atoms with Crippen LogP contribution in [0.2, 0.25) is 5.02 Å². The predicted molar refractivity (Wildman–Crippen MR) is 84.7 cm³/mol. The zero-order valence-corrected chi connectivity index (χ0v) is 13.1. The standard InChI is InChI=1S/C15H11ClN4O4/c1-8-11(15(22)23)12(19-24-8)14(21)18-10-5-2-4-9(16)13(10)20-7-3-6-17-20/h2-7H,1H3,(H,18,21)(H,22,23). The van der Waals surface area contributed by atoms with E-state index in [-0.39, 0.29) is 17.0 Å². The lowest BCUT2D eigenvalue weighted by Gasteiger charge is -2.12. The van der Waals surface area contributed by atoms with Gasteiger partial charge in [-0.25, -0.2) is 9.48 Å². The summed E-state index contributed by atoms with van der Waals surface area (Å²) in [4.78, 5) is 23.7. The number of anilines is 1. The van der Waals surface area contributed by atoms with Crippen LogP contribution in [0, 0.1) is 6.92 Å². The third-order valence-corrected chi connectivity index (χ3v) is 3.57. The molecule has 0 aliphatic rings. The van der Waals surface area contributed by atoms with Crippen molar-refractivity contribution in [2.24, 2.45) is 0 Å². The van der Waals surface area contributed by atoms with Crippen LogP contribution in [0.25, 0.3) is 5.69 Å². The van der Waals surface area contributed by atoms with Crippen LogP contribution in [0.3, 0.4) is 0 Å². The Hall–Kier alpha value is -3.13. The minimum atomic E-state index is -1.29. The molecule has 2 aromatic heterocycles.